The predicted octanol–water partition coefficient (Wildman–Crippen LogP) is 3.59. The molecule has 0 aliphatic rings. The number of rotatable bonds is 7. The molecular formula is C15H20Br2N2O2. The van der Waals surface area contributed by atoms with Crippen LogP contribution in [-0.2, 0) is 4.79 Å². The number of hydrogen-bond acceptors (Lipinski definition) is 2. The molecule has 1 N–H and O–H groups in total. The van der Waals surface area contributed by atoms with Crippen LogP contribution in [0.25, 0.3) is 0 Å². The molecule has 4 nitrogen and oxygen atoms in total. The largest absolute Gasteiger partial charge is 0.355 e. The van der Waals surface area contributed by atoms with Crippen molar-refractivity contribution in [1.29, 1.82) is 0 Å². The predicted molar refractivity (Wildman–Crippen MR) is 91.3 cm³/mol. The third kappa shape index (κ3) is 5.79. The first-order chi connectivity index (χ1) is 9.99. The Kier molecular flexibility index (Phi) is 7.96. The second-order valence-corrected chi connectivity index (χ2v) is 6.47. The second-order valence-electron chi connectivity index (χ2n) is 4.70. The molecule has 0 fully saturated rings. The van der Waals surface area contributed by atoms with Crippen LogP contribution in [-0.4, -0.2) is 36.3 Å². The SMILES string of the molecule is CCCNC(=O)CN(CCC)C(=O)c1ccc(Br)cc1Br. The number of hydrogen-bond donors (Lipinski definition) is 1. The van der Waals surface area contributed by atoms with Crippen LogP contribution in [0.15, 0.2) is 27.1 Å². The van der Waals surface area contributed by atoms with Gasteiger partial charge in [-0.2, -0.15) is 0 Å². The quantitative estimate of drug-likeness (QED) is 0.734. The second kappa shape index (κ2) is 9.20. The van der Waals surface area contributed by atoms with Gasteiger partial charge >= 0.3 is 0 Å². The normalized spacial score (nSPS) is 10.3. The molecule has 1 aromatic rings. The maximum absolute atomic E-state index is 12.6. The van der Waals surface area contributed by atoms with E-state index in [1.54, 1.807) is 11.0 Å². The first-order valence-corrected chi connectivity index (χ1v) is 8.59. The van der Waals surface area contributed by atoms with Crippen molar-refractivity contribution in [2.75, 3.05) is 19.6 Å². The van der Waals surface area contributed by atoms with Gasteiger partial charge < -0.3 is 10.2 Å². The van der Waals surface area contributed by atoms with Gasteiger partial charge in [0, 0.05) is 22.0 Å². The molecule has 0 aliphatic carbocycles. The highest BCUT2D eigenvalue weighted by Crippen LogP contribution is 2.23. The molecule has 0 atom stereocenters. The van der Waals surface area contributed by atoms with Crippen molar-refractivity contribution in [1.82, 2.24) is 10.2 Å². The molecule has 116 valence electrons. The Hall–Kier alpha value is -0.880. The summed E-state index contributed by atoms with van der Waals surface area (Å²) in [7, 11) is 0. The first kappa shape index (κ1) is 18.2. The fourth-order valence-corrected chi connectivity index (χ4v) is 3.07. The average molecular weight is 420 g/mol. The molecule has 0 saturated carbocycles. The number of nitrogens with one attached hydrogen (secondary N) is 1. The molecule has 0 heterocycles. The van der Waals surface area contributed by atoms with Crippen molar-refractivity contribution in [3.05, 3.63) is 32.7 Å². The lowest BCUT2D eigenvalue weighted by atomic mass is 10.2. The highest BCUT2D eigenvalue weighted by atomic mass is 79.9. The number of nitrogens with zero attached hydrogens (tertiary/aromatic N) is 1. The van der Waals surface area contributed by atoms with Crippen LogP contribution >= 0.6 is 31.9 Å². The summed E-state index contributed by atoms with van der Waals surface area (Å²) in [6.07, 6.45) is 1.69. The maximum atomic E-state index is 12.6. The molecule has 6 heteroatoms. The summed E-state index contributed by atoms with van der Waals surface area (Å²) in [6, 6.07) is 5.40. The van der Waals surface area contributed by atoms with Crippen LogP contribution in [0.2, 0.25) is 0 Å². The zero-order chi connectivity index (χ0) is 15.8. The van der Waals surface area contributed by atoms with E-state index in [-0.39, 0.29) is 18.4 Å². The van der Waals surface area contributed by atoms with Gasteiger partial charge in [0.1, 0.15) is 0 Å². The van der Waals surface area contributed by atoms with Gasteiger partial charge in [0.2, 0.25) is 5.91 Å². The molecule has 0 radical (unpaired) electrons. The molecule has 0 aromatic heterocycles. The molecule has 2 amide bonds. The lowest BCUT2D eigenvalue weighted by molar-refractivity contribution is -0.121. The van der Waals surface area contributed by atoms with Gasteiger partial charge in [0.25, 0.3) is 5.91 Å². The van der Waals surface area contributed by atoms with Crippen LogP contribution in [0.4, 0.5) is 0 Å². The standard InChI is InChI=1S/C15H20Br2N2O2/c1-3-7-18-14(20)10-19(8-4-2)15(21)12-6-5-11(16)9-13(12)17/h5-6,9H,3-4,7-8,10H2,1-2H3,(H,18,20). The minimum Gasteiger partial charge on any atom is -0.355 e. The van der Waals surface area contributed by atoms with Gasteiger partial charge in [-0.3, -0.25) is 9.59 Å². The summed E-state index contributed by atoms with van der Waals surface area (Å²) in [5.74, 6) is -0.255. The minimum atomic E-state index is -0.136. The van der Waals surface area contributed by atoms with Crippen molar-refractivity contribution >= 4 is 43.7 Å². The molecule has 1 rings (SSSR count). The zero-order valence-electron chi connectivity index (χ0n) is 12.3. The van der Waals surface area contributed by atoms with E-state index in [2.05, 4.69) is 37.2 Å². The average Bonchev–Trinajstić information content (AvgIpc) is 2.44. The Labute approximate surface area is 142 Å². The number of halogens is 2. The summed E-state index contributed by atoms with van der Waals surface area (Å²) in [6.45, 7) is 5.26. The number of carbonyl (C=O) groups is 2. The fraction of sp³-hybridized carbons (Fsp3) is 0.467. The van der Waals surface area contributed by atoms with Crippen molar-refractivity contribution in [3.63, 3.8) is 0 Å². The first-order valence-electron chi connectivity index (χ1n) is 7.00. The third-order valence-electron chi connectivity index (χ3n) is 2.85. The van der Waals surface area contributed by atoms with Crippen molar-refractivity contribution in [2.24, 2.45) is 0 Å². The Morgan fingerprint density at radius 2 is 1.90 bits per heavy atom. The van der Waals surface area contributed by atoms with E-state index >= 15 is 0 Å². The van der Waals surface area contributed by atoms with Crippen LogP contribution in [0.1, 0.15) is 37.0 Å². The Morgan fingerprint density at radius 3 is 2.48 bits per heavy atom. The highest BCUT2D eigenvalue weighted by Gasteiger charge is 2.20. The van der Waals surface area contributed by atoms with E-state index in [4.69, 9.17) is 0 Å². The molecule has 1 aromatic carbocycles. The van der Waals surface area contributed by atoms with Crippen molar-refractivity contribution < 1.29 is 9.59 Å². The molecule has 0 unspecified atom stereocenters. The topological polar surface area (TPSA) is 49.4 Å². The minimum absolute atomic E-state index is 0.0924. The highest BCUT2D eigenvalue weighted by molar-refractivity contribution is 9.11. The molecule has 0 aliphatic heterocycles. The Bertz CT molecular complexity index is 506. The van der Waals surface area contributed by atoms with Gasteiger partial charge in [-0.05, 0) is 47.0 Å². The van der Waals surface area contributed by atoms with E-state index in [0.29, 0.717) is 18.7 Å². The summed E-state index contributed by atoms with van der Waals surface area (Å²) < 4.78 is 1.62. The summed E-state index contributed by atoms with van der Waals surface area (Å²) in [4.78, 5) is 26.0. The summed E-state index contributed by atoms with van der Waals surface area (Å²) in [5, 5.41) is 2.80. The molecule has 0 spiro atoms. The monoisotopic (exact) mass is 418 g/mol. The van der Waals surface area contributed by atoms with Crippen LogP contribution in [0.5, 0.6) is 0 Å². The van der Waals surface area contributed by atoms with Gasteiger partial charge in [-0.1, -0.05) is 29.8 Å². The van der Waals surface area contributed by atoms with Crippen molar-refractivity contribution in [3.8, 4) is 0 Å². The third-order valence-corrected chi connectivity index (χ3v) is 4.00. The molecule has 0 bridgehead atoms. The van der Waals surface area contributed by atoms with Gasteiger partial charge in [0.15, 0.2) is 0 Å². The maximum Gasteiger partial charge on any atom is 0.255 e. The van der Waals surface area contributed by atoms with E-state index in [1.165, 1.54) is 0 Å². The molecule has 21 heavy (non-hydrogen) atoms. The van der Waals surface area contributed by atoms with Crippen LogP contribution < -0.4 is 5.32 Å². The van der Waals surface area contributed by atoms with Crippen molar-refractivity contribution in [2.45, 2.75) is 26.7 Å². The number of benzene rings is 1. The lowest BCUT2D eigenvalue weighted by Gasteiger charge is -2.22. The fourth-order valence-electron chi connectivity index (χ4n) is 1.85. The van der Waals surface area contributed by atoms with Crippen LogP contribution in [0, 0.1) is 0 Å². The number of amides is 2. The van der Waals surface area contributed by atoms with Gasteiger partial charge in [0.05, 0.1) is 12.1 Å². The van der Waals surface area contributed by atoms with Gasteiger partial charge in [-0.25, -0.2) is 0 Å². The Morgan fingerprint density at radius 1 is 1.19 bits per heavy atom. The lowest BCUT2D eigenvalue weighted by Crippen LogP contribution is -2.41. The Balaban J connectivity index is 2.83. The van der Waals surface area contributed by atoms with Gasteiger partial charge in [-0.15, -0.1) is 0 Å². The summed E-state index contributed by atoms with van der Waals surface area (Å²) >= 11 is 6.76. The van der Waals surface area contributed by atoms with E-state index in [0.717, 1.165) is 21.8 Å². The summed E-state index contributed by atoms with van der Waals surface area (Å²) in [5.41, 5.74) is 0.565. The molecular weight excluding hydrogens is 400 g/mol. The van der Waals surface area contributed by atoms with E-state index in [1.807, 2.05) is 26.0 Å². The molecule has 0 saturated heterocycles. The van der Waals surface area contributed by atoms with E-state index in [9.17, 15) is 9.59 Å². The van der Waals surface area contributed by atoms with Crippen LogP contribution in [0.3, 0.4) is 0 Å². The van der Waals surface area contributed by atoms with E-state index < -0.39 is 0 Å². The smallest absolute Gasteiger partial charge is 0.255 e. The number of carbonyl (C=O) groups excluding carboxylic acids is 2. The zero-order valence-corrected chi connectivity index (χ0v) is 15.5.